The van der Waals surface area contributed by atoms with Gasteiger partial charge in [-0.1, -0.05) is 13.3 Å². The van der Waals surface area contributed by atoms with Crippen molar-refractivity contribution in [1.82, 2.24) is 19.7 Å². The molecule has 6 heteroatoms. The molecule has 0 aromatic carbocycles. The minimum Gasteiger partial charge on any atom is -0.473 e. The van der Waals surface area contributed by atoms with Crippen LogP contribution < -0.4 is 4.74 Å². The molecule has 29 heavy (non-hydrogen) atoms. The summed E-state index contributed by atoms with van der Waals surface area (Å²) in [6.45, 7) is 9.17. The summed E-state index contributed by atoms with van der Waals surface area (Å²) in [6.07, 6.45) is 10.5. The highest BCUT2D eigenvalue weighted by molar-refractivity contribution is 5.94. The first-order valence-electron chi connectivity index (χ1n) is 11.6. The second kappa shape index (κ2) is 9.90. The average Bonchev–Trinajstić information content (AvgIpc) is 3.08. The molecule has 3 fully saturated rings. The quantitative estimate of drug-likeness (QED) is 0.760. The summed E-state index contributed by atoms with van der Waals surface area (Å²) in [4.78, 5) is 24.5. The fraction of sp³-hybridized carbons (Fsp3) is 0.739. The predicted octanol–water partition coefficient (Wildman–Crippen LogP) is 3.04. The summed E-state index contributed by atoms with van der Waals surface area (Å²) < 4.78 is 6.14. The van der Waals surface area contributed by atoms with E-state index in [1.54, 1.807) is 6.20 Å². The standard InChI is InChI=1S/C23H36N4O2/c1-2-25-12-4-3-9-21(18-25)29-22-11-10-19(17-24-22)23(28)27-14-6-13-26(15-16-27)20-7-5-8-20/h10-11,17,20-21H,2-9,12-16,18H2,1H3. The van der Waals surface area contributed by atoms with E-state index >= 15 is 0 Å². The van der Waals surface area contributed by atoms with Crippen LogP contribution in [-0.2, 0) is 0 Å². The molecule has 0 N–H and O–H groups in total. The van der Waals surface area contributed by atoms with Crippen LogP contribution in [0.25, 0.3) is 0 Å². The van der Waals surface area contributed by atoms with Crippen LogP contribution in [0.3, 0.4) is 0 Å². The highest BCUT2D eigenvalue weighted by Crippen LogP contribution is 2.26. The van der Waals surface area contributed by atoms with Gasteiger partial charge in [0.1, 0.15) is 6.10 Å². The Hall–Kier alpha value is -1.66. The minimum absolute atomic E-state index is 0.103. The summed E-state index contributed by atoms with van der Waals surface area (Å²) in [5, 5.41) is 0. The second-order valence-electron chi connectivity index (χ2n) is 8.78. The number of ether oxygens (including phenoxy) is 1. The molecule has 3 heterocycles. The smallest absolute Gasteiger partial charge is 0.255 e. The van der Waals surface area contributed by atoms with E-state index in [2.05, 4.69) is 21.7 Å². The third kappa shape index (κ3) is 5.28. The van der Waals surface area contributed by atoms with Crippen molar-refractivity contribution < 1.29 is 9.53 Å². The maximum Gasteiger partial charge on any atom is 0.255 e. The van der Waals surface area contributed by atoms with Gasteiger partial charge in [0.25, 0.3) is 5.91 Å². The molecule has 1 amide bonds. The summed E-state index contributed by atoms with van der Waals surface area (Å²) in [5.74, 6) is 0.739. The molecule has 0 radical (unpaired) electrons. The molecular formula is C23H36N4O2. The summed E-state index contributed by atoms with van der Waals surface area (Å²) in [6, 6.07) is 4.51. The van der Waals surface area contributed by atoms with Crippen molar-refractivity contribution in [2.24, 2.45) is 0 Å². The lowest BCUT2D eigenvalue weighted by Crippen LogP contribution is -2.42. The van der Waals surface area contributed by atoms with Gasteiger partial charge < -0.3 is 9.64 Å². The van der Waals surface area contributed by atoms with Crippen LogP contribution in [0, 0.1) is 0 Å². The van der Waals surface area contributed by atoms with Crippen molar-refractivity contribution in [2.75, 3.05) is 45.8 Å². The molecule has 4 rings (SSSR count). The predicted molar refractivity (Wildman–Crippen MR) is 114 cm³/mol. The lowest BCUT2D eigenvalue weighted by Gasteiger charge is -2.36. The molecule has 0 spiro atoms. The molecule has 1 unspecified atom stereocenters. The van der Waals surface area contributed by atoms with Crippen molar-refractivity contribution in [2.45, 2.75) is 64.0 Å². The SMILES string of the molecule is CCN1CCCCC(Oc2ccc(C(=O)N3CCCN(C4CCC4)CC3)cn2)C1. The summed E-state index contributed by atoms with van der Waals surface area (Å²) in [7, 11) is 0. The third-order valence-corrected chi connectivity index (χ3v) is 6.84. The number of carbonyl (C=O) groups excluding carboxylic acids is 1. The maximum absolute atomic E-state index is 13.0. The highest BCUT2D eigenvalue weighted by Gasteiger charge is 2.28. The molecule has 160 valence electrons. The fourth-order valence-corrected chi connectivity index (χ4v) is 4.75. The van der Waals surface area contributed by atoms with Crippen molar-refractivity contribution in [3.8, 4) is 5.88 Å². The number of amides is 1. The Kier molecular flexibility index (Phi) is 7.03. The molecule has 1 atom stereocenters. The molecule has 1 aliphatic carbocycles. The molecule has 1 aromatic heterocycles. The van der Waals surface area contributed by atoms with E-state index in [1.807, 2.05) is 17.0 Å². The maximum atomic E-state index is 13.0. The van der Waals surface area contributed by atoms with Gasteiger partial charge in [-0.15, -0.1) is 0 Å². The van der Waals surface area contributed by atoms with E-state index in [-0.39, 0.29) is 12.0 Å². The lowest BCUT2D eigenvalue weighted by molar-refractivity contribution is 0.0749. The lowest BCUT2D eigenvalue weighted by atomic mass is 9.91. The number of likely N-dealkylation sites (N-methyl/N-ethyl adjacent to an activating group) is 1. The number of rotatable bonds is 5. The number of nitrogens with zero attached hydrogens (tertiary/aromatic N) is 4. The van der Waals surface area contributed by atoms with E-state index < -0.39 is 0 Å². The van der Waals surface area contributed by atoms with Crippen LogP contribution in [-0.4, -0.2) is 83.5 Å². The summed E-state index contributed by atoms with van der Waals surface area (Å²) in [5.41, 5.74) is 0.672. The zero-order chi connectivity index (χ0) is 20.1. The third-order valence-electron chi connectivity index (χ3n) is 6.84. The van der Waals surface area contributed by atoms with Gasteiger partial charge in [0, 0.05) is 51.0 Å². The van der Waals surface area contributed by atoms with Gasteiger partial charge in [-0.3, -0.25) is 14.6 Å². The van der Waals surface area contributed by atoms with Crippen LogP contribution in [0.2, 0.25) is 0 Å². The first-order valence-corrected chi connectivity index (χ1v) is 11.6. The van der Waals surface area contributed by atoms with E-state index in [4.69, 9.17) is 4.74 Å². The molecule has 2 saturated heterocycles. The molecule has 3 aliphatic rings. The van der Waals surface area contributed by atoms with E-state index in [9.17, 15) is 4.79 Å². The molecular weight excluding hydrogens is 364 g/mol. The Labute approximate surface area is 175 Å². The van der Waals surface area contributed by atoms with Crippen molar-refractivity contribution in [1.29, 1.82) is 0 Å². The number of aromatic nitrogens is 1. The van der Waals surface area contributed by atoms with Crippen molar-refractivity contribution in [3.05, 3.63) is 23.9 Å². The Morgan fingerprint density at radius 3 is 2.66 bits per heavy atom. The summed E-state index contributed by atoms with van der Waals surface area (Å²) >= 11 is 0. The van der Waals surface area contributed by atoms with Crippen LogP contribution in [0.5, 0.6) is 5.88 Å². The molecule has 6 nitrogen and oxygen atoms in total. The largest absolute Gasteiger partial charge is 0.473 e. The van der Waals surface area contributed by atoms with E-state index in [1.165, 1.54) is 32.1 Å². The van der Waals surface area contributed by atoms with Gasteiger partial charge in [-0.2, -0.15) is 0 Å². The first kappa shape index (κ1) is 20.6. The van der Waals surface area contributed by atoms with Crippen LogP contribution >= 0.6 is 0 Å². The van der Waals surface area contributed by atoms with Crippen LogP contribution in [0.4, 0.5) is 0 Å². The van der Waals surface area contributed by atoms with Crippen molar-refractivity contribution in [3.63, 3.8) is 0 Å². The van der Waals surface area contributed by atoms with Gasteiger partial charge in [-0.05, 0) is 57.7 Å². The number of likely N-dealkylation sites (tertiary alicyclic amines) is 1. The van der Waals surface area contributed by atoms with E-state index in [0.29, 0.717) is 11.4 Å². The number of hydrogen-bond donors (Lipinski definition) is 0. The zero-order valence-corrected chi connectivity index (χ0v) is 17.9. The topological polar surface area (TPSA) is 48.9 Å². The monoisotopic (exact) mass is 400 g/mol. The van der Waals surface area contributed by atoms with Crippen LogP contribution in [0.1, 0.15) is 62.2 Å². The number of carbonyl (C=O) groups is 1. The van der Waals surface area contributed by atoms with Crippen molar-refractivity contribution >= 4 is 5.91 Å². The van der Waals surface area contributed by atoms with Crippen LogP contribution in [0.15, 0.2) is 18.3 Å². The number of pyridine rings is 1. The zero-order valence-electron chi connectivity index (χ0n) is 17.9. The molecule has 1 aromatic rings. The van der Waals surface area contributed by atoms with Gasteiger partial charge in [-0.25, -0.2) is 4.98 Å². The van der Waals surface area contributed by atoms with Gasteiger partial charge in [0.15, 0.2) is 0 Å². The van der Waals surface area contributed by atoms with Gasteiger partial charge in [0.2, 0.25) is 5.88 Å². The number of hydrogen-bond acceptors (Lipinski definition) is 5. The Balaban J connectivity index is 1.31. The normalized spacial score (nSPS) is 25.1. The average molecular weight is 401 g/mol. The highest BCUT2D eigenvalue weighted by atomic mass is 16.5. The van der Waals surface area contributed by atoms with Gasteiger partial charge in [0.05, 0.1) is 5.56 Å². The Morgan fingerprint density at radius 1 is 1.03 bits per heavy atom. The minimum atomic E-state index is 0.103. The first-order chi connectivity index (χ1) is 14.2. The second-order valence-corrected chi connectivity index (χ2v) is 8.78. The van der Waals surface area contributed by atoms with E-state index in [0.717, 1.165) is 64.7 Å². The molecule has 1 saturated carbocycles. The molecule has 0 bridgehead atoms. The molecule has 2 aliphatic heterocycles. The Bertz CT molecular complexity index is 661. The van der Waals surface area contributed by atoms with Gasteiger partial charge >= 0.3 is 0 Å². The fourth-order valence-electron chi connectivity index (χ4n) is 4.75. The Morgan fingerprint density at radius 2 is 1.93 bits per heavy atom.